The largest absolute Gasteiger partial charge is 0.391 e. The first kappa shape index (κ1) is 13.1. The number of benzene rings is 1. The first-order chi connectivity index (χ1) is 8.66. The van der Waals surface area contributed by atoms with Gasteiger partial charge in [0.05, 0.1) is 12.1 Å². The average molecular weight is 248 g/mol. The van der Waals surface area contributed by atoms with Gasteiger partial charge in [-0.2, -0.15) is 0 Å². The molecule has 2 atom stereocenters. The fourth-order valence-electron chi connectivity index (χ4n) is 2.34. The van der Waals surface area contributed by atoms with Crippen molar-refractivity contribution in [2.75, 3.05) is 13.1 Å². The SMILES string of the molecule is NC(Cc1ccccc1)C(=O)N1CCCC(O)C1. The summed E-state index contributed by atoms with van der Waals surface area (Å²) in [4.78, 5) is 13.8. The Morgan fingerprint density at radius 3 is 2.83 bits per heavy atom. The van der Waals surface area contributed by atoms with E-state index >= 15 is 0 Å². The van der Waals surface area contributed by atoms with Gasteiger partial charge >= 0.3 is 0 Å². The van der Waals surface area contributed by atoms with Gasteiger partial charge in [0.1, 0.15) is 0 Å². The monoisotopic (exact) mass is 248 g/mol. The maximum atomic E-state index is 12.1. The lowest BCUT2D eigenvalue weighted by Gasteiger charge is -2.32. The molecule has 4 nitrogen and oxygen atoms in total. The smallest absolute Gasteiger partial charge is 0.239 e. The molecule has 2 rings (SSSR count). The van der Waals surface area contributed by atoms with E-state index in [4.69, 9.17) is 5.73 Å². The molecule has 2 unspecified atom stereocenters. The zero-order valence-corrected chi connectivity index (χ0v) is 10.5. The van der Waals surface area contributed by atoms with Gasteiger partial charge in [0.2, 0.25) is 5.91 Å². The van der Waals surface area contributed by atoms with Crippen LogP contribution in [0.1, 0.15) is 18.4 Å². The van der Waals surface area contributed by atoms with Crippen LogP contribution in [0.5, 0.6) is 0 Å². The molecule has 1 heterocycles. The van der Waals surface area contributed by atoms with Crippen molar-refractivity contribution in [1.29, 1.82) is 0 Å². The van der Waals surface area contributed by atoms with E-state index in [2.05, 4.69) is 0 Å². The lowest BCUT2D eigenvalue weighted by Crippen LogP contribution is -2.50. The standard InChI is InChI=1S/C14H20N2O2/c15-13(9-11-5-2-1-3-6-11)14(18)16-8-4-7-12(17)10-16/h1-3,5-6,12-13,17H,4,7-10,15H2. The van der Waals surface area contributed by atoms with Crippen LogP contribution < -0.4 is 5.73 Å². The van der Waals surface area contributed by atoms with E-state index in [1.807, 2.05) is 30.3 Å². The normalized spacial score (nSPS) is 21.7. The molecule has 1 fully saturated rings. The van der Waals surface area contributed by atoms with E-state index in [1.54, 1.807) is 4.90 Å². The van der Waals surface area contributed by atoms with Crippen LogP contribution in [0.3, 0.4) is 0 Å². The van der Waals surface area contributed by atoms with Gasteiger partial charge in [0, 0.05) is 13.1 Å². The number of amides is 1. The molecule has 0 spiro atoms. The van der Waals surface area contributed by atoms with Crippen LogP contribution in [0, 0.1) is 0 Å². The molecule has 0 radical (unpaired) electrons. The van der Waals surface area contributed by atoms with E-state index in [0.29, 0.717) is 19.5 Å². The van der Waals surface area contributed by atoms with E-state index in [1.165, 1.54) is 0 Å². The van der Waals surface area contributed by atoms with Crippen molar-refractivity contribution in [2.24, 2.45) is 5.73 Å². The van der Waals surface area contributed by atoms with Crippen molar-refractivity contribution < 1.29 is 9.90 Å². The van der Waals surface area contributed by atoms with Gasteiger partial charge in [-0.15, -0.1) is 0 Å². The second-order valence-corrected chi connectivity index (χ2v) is 4.88. The maximum absolute atomic E-state index is 12.1. The predicted molar refractivity (Wildman–Crippen MR) is 69.9 cm³/mol. The van der Waals surface area contributed by atoms with Crippen LogP contribution in [0.4, 0.5) is 0 Å². The van der Waals surface area contributed by atoms with Crippen molar-refractivity contribution in [3.05, 3.63) is 35.9 Å². The number of likely N-dealkylation sites (tertiary alicyclic amines) is 1. The Labute approximate surface area is 107 Å². The Kier molecular flexibility index (Phi) is 4.33. The van der Waals surface area contributed by atoms with Gasteiger partial charge in [-0.1, -0.05) is 30.3 Å². The number of aliphatic hydroxyl groups excluding tert-OH is 1. The molecule has 1 amide bonds. The third-order valence-corrected chi connectivity index (χ3v) is 3.32. The highest BCUT2D eigenvalue weighted by atomic mass is 16.3. The molecule has 18 heavy (non-hydrogen) atoms. The van der Waals surface area contributed by atoms with Crippen LogP contribution in [0.2, 0.25) is 0 Å². The van der Waals surface area contributed by atoms with E-state index in [9.17, 15) is 9.90 Å². The number of nitrogens with two attached hydrogens (primary N) is 1. The Hall–Kier alpha value is -1.39. The Morgan fingerprint density at radius 2 is 2.17 bits per heavy atom. The molecule has 98 valence electrons. The highest BCUT2D eigenvalue weighted by Gasteiger charge is 2.25. The van der Waals surface area contributed by atoms with E-state index in [-0.39, 0.29) is 5.91 Å². The van der Waals surface area contributed by atoms with Gasteiger partial charge in [-0.25, -0.2) is 0 Å². The lowest BCUT2D eigenvalue weighted by molar-refractivity contribution is -0.135. The van der Waals surface area contributed by atoms with Crippen molar-refractivity contribution in [1.82, 2.24) is 4.90 Å². The van der Waals surface area contributed by atoms with Crippen LogP contribution >= 0.6 is 0 Å². The molecule has 0 aliphatic carbocycles. The lowest BCUT2D eigenvalue weighted by atomic mass is 10.0. The molecule has 1 saturated heterocycles. The maximum Gasteiger partial charge on any atom is 0.239 e. The Bertz CT molecular complexity index is 394. The molecule has 0 saturated carbocycles. The van der Waals surface area contributed by atoms with Crippen LogP contribution in [-0.4, -0.2) is 41.1 Å². The number of β-amino-alcohol motifs (C(OH)–C–C–N with tert-alkyl or cyclic N) is 1. The van der Waals surface area contributed by atoms with Gasteiger partial charge in [0.15, 0.2) is 0 Å². The summed E-state index contributed by atoms with van der Waals surface area (Å²) < 4.78 is 0. The van der Waals surface area contributed by atoms with Crippen molar-refractivity contribution in [3.8, 4) is 0 Å². The molecule has 0 bridgehead atoms. The number of rotatable bonds is 3. The van der Waals surface area contributed by atoms with Crippen molar-refractivity contribution in [2.45, 2.75) is 31.4 Å². The molecular formula is C14H20N2O2. The van der Waals surface area contributed by atoms with Gasteiger partial charge in [-0.05, 0) is 24.8 Å². The summed E-state index contributed by atoms with van der Waals surface area (Å²) in [6.45, 7) is 1.12. The third kappa shape index (κ3) is 3.31. The first-order valence-electron chi connectivity index (χ1n) is 6.43. The quantitative estimate of drug-likeness (QED) is 0.820. The summed E-state index contributed by atoms with van der Waals surface area (Å²) in [5.74, 6) is -0.0578. The second kappa shape index (κ2) is 5.98. The summed E-state index contributed by atoms with van der Waals surface area (Å²) >= 11 is 0. The Balaban J connectivity index is 1.92. The highest BCUT2D eigenvalue weighted by Crippen LogP contribution is 2.12. The first-order valence-corrected chi connectivity index (χ1v) is 6.43. The van der Waals surface area contributed by atoms with Crippen molar-refractivity contribution >= 4 is 5.91 Å². The number of aliphatic hydroxyl groups is 1. The molecule has 4 heteroatoms. The van der Waals surface area contributed by atoms with Gasteiger partial charge < -0.3 is 15.7 Å². The zero-order valence-electron chi connectivity index (χ0n) is 10.5. The molecule has 1 aliphatic heterocycles. The number of piperidine rings is 1. The fourth-order valence-corrected chi connectivity index (χ4v) is 2.34. The van der Waals surface area contributed by atoms with E-state index in [0.717, 1.165) is 18.4 Å². The van der Waals surface area contributed by atoms with Gasteiger partial charge in [0.25, 0.3) is 0 Å². The fraction of sp³-hybridized carbons (Fsp3) is 0.500. The minimum absolute atomic E-state index is 0.0578. The topological polar surface area (TPSA) is 66.6 Å². The molecule has 1 aliphatic rings. The summed E-state index contributed by atoms with van der Waals surface area (Å²) in [5.41, 5.74) is 7.02. The molecule has 0 aromatic heterocycles. The van der Waals surface area contributed by atoms with Crippen LogP contribution in [-0.2, 0) is 11.2 Å². The summed E-state index contributed by atoms with van der Waals surface area (Å²) in [5, 5.41) is 9.57. The molecule has 1 aromatic carbocycles. The number of carbonyl (C=O) groups is 1. The summed E-state index contributed by atoms with van der Waals surface area (Å²) in [6, 6.07) is 9.25. The Morgan fingerprint density at radius 1 is 1.44 bits per heavy atom. The van der Waals surface area contributed by atoms with Crippen LogP contribution in [0.25, 0.3) is 0 Å². The molecular weight excluding hydrogens is 228 g/mol. The molecule has 3 N–H and O–H groups in total. The summed E-state index contributed by atoms with van der Waals surface area (Å²) in [6.07, 6.45) is 1.78. The van der Waals surface area contributed by atoms with Crippen LogP contribution in [0.15, 0.2) is 30.3 Å². The second-order valence-electron chi connectivity index (χ2n) is 4.88. The average Bonchev–Trinajstić information content (AvgIpc) is 2.39. The van der Waals surface area contributed by atoms with Crippen molar-refractivity contribution in [3.63, 3.8) is 0 Å². The number of hydrogen-bond donors (Lipinski definition) is 2. The van der Waals surface area contributed by atoms with E-state index < -0.39 is 12.1 Å². The van der Waals surface area contributed by atoms with Gasteiger partial charge in [-0.3, -0.25) is 4.79 Å². The minimum atomic E-state index is -0.516. The number of nitrogens with zero attached hydrogens (tertiary/aromatic N) is 1. The zero-order chi connectivity index (χ0) is 13.0. The molecule has 1 aromatic rings. The highest BCUT2D eigenvalue weighted by molar-refractivity contribution is 5.82. The minimum Gasteiger partial charge on any atom is -0.391 e. The summed E-state index contributed by atoms with van der Waals surface area (Å²) in [7, 11) is 0. The number of hydrogen-bond acceptors (Lipinski definition) is 3. The number of carbonyl (C=O) groups excluding carboxylic acids is 1. The predicted octanol–water partition coefficient (Wildman–Crippen LogP) is 0.540. The third-order valence-electron chi connectivity index (χ3n) is 3.32.